The van der Waals surface area contributed by atoms with Gasteiger partial charge in [-0.05, 0) is 30.5 Å². The summed E-state index contributed by atoms with van der Waals surface area (Å²) in [5.74, 6) is 0.686. The molecule has 1 aliphatic carbocycles. The highest BCUT2D eigenvalue weighted by molar-refractivity contribution is 9.10. The number of rotatable bonds is 4. The maximum atomic E-state index is 3.73. The summed E-state index contributed by atoms with van der Waals surface area (Å²) in [7, 11) is 0. The second kappa shape index (κ2) is 5.48. The highest BCUT2D eigenvalue weighted by Crippen LogP contribution is 2.42. The molecule has 3 unspecified atom stereocenters. The van der Waals surface area contributed by atoms with Crippen LogP contribution in [0, 0.1) is 0 Å². The molecular weight excluding hydrogens is 298 g/mol. The Labute approximate surface area is 123 Å². The maximum Gasteiger partial charge on any atom is 0.0305 e. The number of hydrogen-bond donors (Lipinski definition) is 1. The molecule has 3 rings (SSSR count). The van der Waals surface area contributed by atoms with Crippen LogP contribution >= 0.6 is 15.9 Å². The molecular formula is C17H18BrN. The van der Waals surface area contributed by atoms with E-state index in [1.54, 1.807) is 0 Å². The molecule has 0 radical (unpaired) electrons. The van der Waals surface area contributed by atoms with Gasteiger partial charge in [-0.2, -0.15) is 0 Å². The van der Waals surface area contributed by atoms with Crippen molar-refractivity contribution in [3.05, 3.63) is 70.2 Å². The van der Waals surface area contributed by atoms with Gasteiger partial charge in [0.1, 0.15) is 0 Å². The second-order valence-electron chi connectivity index (χ2n) is 5.27. The summed E-state index contributed by atoms with van der Waals surface area (Å²) in [6, 6.07) is 20.2. The fourth-order valence-electron chi connectivity index (χ4n) is 2.68. The lowest BCUT2D eigenvalue weighted by Gasteiger charge is -2.16. The number of benzene rings is 2. The monoisotopic (exact) mass is 315 g/mol. The van der Waals surface area contributed by atoms with Crippen molar-refractivity contribution in [2.75, 3.05) is 0 Å². The summed E-state index contributed by atoms with van der Waals surface area (Å²) in [6.45, 7) is 2.24. The van der Waals surface area contributed by atoms with Gasteiger partial charge >= 0.3 is 0 Å². The van der Waals surface area contributed by atoms with Crippen LogP contribution in [-0.2, 0) is 0 Å². The van der Waals surface area contributed by atoms with Crippen molar-refractivity contribution in [2.24, 2.45) is 0 Å². The lowest BCUT2D eigenvalue weighted by molar-refractivity contribution is 0.561. The molecule has 0 amide bonds. The number of hydrogen-bond acceptors (Lipinski definition) is 1. The third kappa shape index (κ3) is 2.90. The predicted molar refractivity (Wildman–Crippen MR) is 83.3 cm³/mol. The molecule has 19 heavy (non-hydrogen) atoms. The van der Waals surface area contributed by atoms with Crippen LogP contribution in [-0.4, -0.2) is 6.04 Å². The predicted octanol–water partition coefficient (Wildman–Crippen LogP) is 4.66. The van der Waals surface area contributed by atoms with Crippen molar-refractivity contribution in [2.45, 2.75) is 31.3 Å². The van der Waals surface area contributed by atoms with Gasteiger partial charge in [-0.1, -0.05) is 64.5 Å². The van der Waals surface area contributed by atoms with Gasteiger partial charge in [-0.15, -0.1) is 0 Å². The van der Waals surface area contributed by atoms with Crippen LogP contribution in [0.5, 0.6) is 0 Å². The average Bonchev–Trinajstić information content (AvgIpc) is 3.19. The summed E-state index contributed by atoms with van der Waals surface area (Å²) >= 11 is 3.63. The van der Waals surface area contributed by atoms with Crippen molar-refractivity contribution in [3.63, 3.8) is 0 Å². The molecule has 1 nitrogen and oxygen atoms in total. The van der Waals surface area contributed by atoms with Gasteiger partial charge in [0.15, 0.2) is 0 Å². The Morgan fingerprint density at radius 3 is 2.47 bits per heavy atom. The molecule has 2 aromatic carbocycles. The highest BCUT2D eigenvalue weighted by Gasteiger charge is 2.38. The first-order chi connectivity index (χ1) is 9.25. The van der Waals surface area contributed by atoms with Gasteiger partial charge in [0.25, 0.3) is 0 Å². The Kier molecular flexibility index (Phi) is 3.72. The molecule has 3 atom stereocenters. The quantitative estimate of drug-likeness (QED) is 0.865. The molecule has 1 fully saturated rings. The van der Waals surface area contributed by atoms with Crippen LogP contribution in [0.2, 0.25) is 0 Å². The molecule has 0 bridgehead atoms. The zero-order chi connectivity index (χ0) is 13.2. The minimum absolute atomic E-state index is 0.384. The van der Waals surface area contributed by atoms with Crippen LogP contribution in [0.25, 0.3) is 0 Å². The summed E-state index contributed by atoms with van der Waals surface area (Å²) in [5.41, 5.74) is 2.79. The zero-order valence-corrected chi connectivity index (χ0v) is 12.6. The van der Waals surface area contributed by atoms with E-state index in [2.05, 4.69) is 82.8 Å². The van der Waals surface area contributed by atoms with Crippen molar-refractivity contribution < 1.29 is 0 Å². The number of nitrogens with one attached hydrogen (secondary N) is 1. The zero-order valence-electron chi connectivity index (χ0n) is 11.0. The lowest BCUT2D eigenvalue weighted by atomic mass is 10.1. The van der Waals surface area contributed by atoms with Gasteiger partial charge in [-0.25, -0.2) is 0 Å². The molecule has 0 spiro atoms. The molecule has 0 aromatic heterocycles. The minimum atomic E-state index is 0.384. The number of halogens is 1. The topological polar surface area (TPSA) is 12.0 Å². The lowest BCUT2D eigenvalue weighted by Crippen LogP contribution is -2.22. The fraction of sp³-hybridized carbons (Fsp3) is 0.294. The molecule has 2 aromatic rings. The normalized spacial score (nSPS) is 23.1. The fourth-order valence-corrected chi connectivity index (χ4v) is 3.31. The average molecular weight is 316 g/mol. The standard InChI is InChI=1S/C17H18BrN/c1-12(14-9-5-6-10-16(14)18)19-17-11-15(17)13-7-3-2-4-8-13/h2-10,12,15,17,19H,11H2,1H3. The van der Waals surface area contributed by atoms with E-state index in [0.29, 0.717) is 18.0 Å². The van der Waals surface area contributed by atoms with Crippen molar-refractivity contribution >= 4 is 15.9 Å². The first-order valence-electron chi connectivity index (χ1n) is 6.81. The van der Waals surface area contributed by atoms with Crippen molar-refractivity contribution in [1.82, 2.24) is 5.32 Å². The smallest absolute Gasteiger partial charge is 0.0305 e. The molecule has 1 aliphatic rings. The second-order valence-corrected chi connectivity index (χ2v) is 6.12. The van der Waals surface area contributed by atoms with Gasteiger partial charge in [0.2, 0.25) is 0 Å². The van der Waals surface area contributed by atoms with Crippen LogP contribution in [0.1, 0.15) is 36.4 Å². The summed E-state index contributed by atoms with van der Waals surface area (Å²) in [4.78, 5) is 0. The SMILES string of the molecule is CC(NC1CC1c1ccccc1)c1ccccc1Br. The molecule has 2 heteroatoms. The maximum absolute atomic E-state index is 3.73. The third-order valence-electron chi connectivity index (χ3n) is 3.85. The van der Waals surface area contributed by atoms with Crippen LogP contribution in [0.3, 0.4) is 0 Å². The van der Waals surface area contributed by atoms with E-state index >= 15 is 0 Å². The van der Waals surface area contributed by atoms with Gasteiger partial charge in [0, 0.05) is 22.5 Å². The van der Waals surface area contributed by atoms with E-state index in [4.69, 9.17) is 0 Å². The van der Waals surface area contributed by atoms with E-state index in [1.807, 2.05) is 0 Å². The molecule has 98 valence electrons. The summed E-state index contributed by atoms with van der Waals surface area (Å²) in [6.07, 6.45) is 1.25. The van der Waals surface area contributed by atoms with E-state index in [9.17, 15) is 0 Å². The van der Waals surface area contributed by atoms with Gasteiger partial charge < -0.3 is 5.32 Å². The Hall–Kier alpha value is -1.12. The first kappa shape index (κ1) is 12.9. The largest absolute Gasteiger partial charge is 0.307 e. The van der Waals surface area contributed by atoms with Gasteiger partial charge in [-0.3, -0.25) is 0 Å². The van der Waals surface area contributed by atoms with E-state index in [1.165, 1.54) is 22.0 Å². The molecule has 0 heterocycles. The van der Waals surface area contributed by atoms with Crippen molar-refractivity contribution in [3.8, 4) is 0 Å². The van der Waals surface area contributed by atoms with E-state index in [0.717, 1.165) is 0 Å². The third-order valence-corrected chi connectivity index (χ3v) is 4.58. The minimum Gasteiger partial charge on any atom is -0.307 e. The van der Waals surface area contributed by atoms with Crippen LogP contribution < -0.4 is 5.32 Å². The highest BCUT2D eigenvalue weighted by atomic mass is 79.9. The molecule has 1 saturated carbocycles. The van der Waals surface area contributed by atoms with Crippen LogP contribution in [0.4, 0.5) is 0 Å². The van der Waals surface area contributed by atoms with Gasteiger partial charge in [0.05, 0.1) is 0 Å². The molecule has 0 saturated heterocycles. The first-order valence-corrected chi connectivity index (χ1v) is 7.60. The Morgan fingerprint density at radius 1 is 1.05 bits per heavy atom. The van der Waals surface area contributed by atoms with Crippen LogP contribution in [0.15, 0.2) is 59.1 Å². The summed E-state index contributed by atoms with van der Waals surface area (Å²) in [5, 5.41) is 3.73. The van der Waals surface area contributed by atoms with E-state index in [-0.39, 0.29) is 0 Å². The Morgan fingerprint density at radius 2 is 1.74 bits per heavy atom. The van der Waals surface area contributed by atoms with Crippen molar-refractivity contribution in [1.29, 1.82) is 0 Å². The van der Waals surface area contributed by atoms with E-state index < -0.39 is 0 Å². The Balaban J connectivity index is 1.64. The Bertz CT molecular complexity index is 552. The molecule has 0 aliphatic heterocycles. The summed E-state index contributed by atoms with van der Waals surface area (Å²) < 4.78 is 1.19. The molecule has 1 N–H and O–H groups in total.